The number of hydrogen-bond donors (Lipinski definition) is 11. The molecule has 0 saturated carbocycles. The Morgan fingerprint density at radius 2 is 1.26 bits per heavy atom. The van der Waals surface area contributed by atoms with Crippen molar-refractivity contribution < 1.29 is 43.8 Å². The number of aromatic amines is 3. The lowest BCUT2D eigenvalue weighted by Crippen LogP contribution is -2.59. The molecule has 0 spiro atoms. The third kappa shape index (κ3) is 16.3. The number of benzene rings is 1. The molecule has 0 aliphatic carbocycles. The van der Waals surface area contributed by atoms with E-state index in [1.807, 2.05) is 39.0 Å². The fourth-order valence-electron chi connectivity index (χ4n) is 8.91. The summed E-state index contributed by atoms with van der Waals surface area (Å²) in [6.45, 7) is 11.4. The summed E-state index contributed by atoms with van der Waals surface area (Å²) in [4.78, 5) is 119. The van der Waals surface area contributed by atoms with Gasteiger partial charge in [0, 0.05) is 73.8 Å². The molecule has 22 heteroatoms. The summed E-state index contributed by atoms with van der Waals surface area (Å²) < 4.78 is 0. The first-order chi connectivity index (χ1) is 34.3. The number of H-pyrrole nitrogens is 3. The van der Waals surface area contributed by atoms with Gasteiger partial charge < -0.3 is 62.4 Å². The number of rotatable bonds is 28. The number of carboxylic acid groups (broad SMARTS) is 1. The van der Waals surface area contributed by atoms with Gasteiger partial charge in [0.1, 0.15) is 30.2 Å². The van der Waals surface area contributed by atoms with Gasteiger partial charge in [-0.3, -0.25) is 28.8 Å². The molecular formula is C50H73N13O9. The van der Waals surface area contributed by atoms with Crippen molar-refractivity contribution in [1.29, 1.82) is 0 Å². The van der Waals surface area contributed by atoms with Crippen LogP contribution in [-0.4, -0.2) is 141 Å². The molecule has 4 aromatic rings. The number of aliphatic carboxylic acids is 1. The molecule has 1 saturated heterocycles. The molecule has 72 heavy (non-hydrogen) atoms. The van der Waals surface area contributed by atoms with Gasteiger partial charge in [-0.2, -0.15) is 0 Å². The van der Waals surface area contributed by atoms with Crippen molar-refractivity contribution in [3.63, 3.8) is 0 Å². The maximum atomic E-state index is 14.5. The van der Waals surface area contributed by atoms with E-state index in [9.17, 15) is 43.8 Å². The van der Waals surface area contributed by atoms with E-state index in [1.54, 1.807) is 39.1 Å². The molecule has 1 aliphatic rings. The van der Waals surface area contributed by atoms with Crippen molar-refractivity contribution in [2.75, 3.05) is 6.54 Å². The van der Waals surface area contributed by atoms with Crippen LogP contribution < -0.4 is 32.3 Å². The molecule has 3 aromatic heterocycles. The average molecular weight is 1000 g/mol. The van der Waals surface area contributed by atoms with E-state index >= 15 is 0 Å². The maximum absolute atomic E-state index is 14.5. The predicted molar refractivity (Wildman–Crippen MR) is 265 cm³/mol. The molecule has 0 radical (unpaired) electrons. The zero-order chi connectivity index (χ0) is 52.5. The number of carbonyl (C=O) groups excluding carboxylic acids is 6. The zero-order valence-electron chi connectivity index (χ0n) is 42.0. The van der Waals surface area contributed by atoms with Crippen molar-refractivity contribution in [1.82, 2.24) is 61.4 Å². The normalized spacial score (nSPS) is 17.4. The van der Waals surface area contributed by atoms with Crippen LogP contribution in [0.25, 0.3) is 0 Å². The molecule has 12 N–H and O–H groups in total. The lowest BCUT2D eigenvalue weighted by atomic mass is 9.85. The lowest BCUT2D eigenvalue weighted by Gasteiger charge is -2.33. The van der Waals surface area contributed by atoms with Gasteiger partial charge in [-0.05, 0) is 49.0 Å². The third-order valence-electron chi connectivity index (χ3n) is 13.2. The summed E-state index contributed by atoms with van der Waals surface area (Å²) in [5.74, 6) is -6.39. The minimum Gasteiger partial charge on any atom is -0.480 e. The van der Waals surface area contributed by atoms with Gasteiger partial charge in [0.15, 0.2) is 0 Å². The van der Waals surface area contributed by atoms with Crippen LogP contribution >= 0.6 is 0 Å². The highest BCUT2D eigenvalue weighted by Crippen LogP contribution is 2.24. The number of nitrogens with zero attached hydrogens (tertiary/aromatic N) is 4. The molecule has 1 aromatic carbocycles. The zero-order valence-corrected chi connectivity index (χ0v) is 42.0. The Morgan fingerprint density at radius 3 is 1.81 bits per heavy atom. The van der Waals surface area contributed by atoms with Crippen LogP contribution in [0.3, 0.4) is 0 Å². The number of nitrogens with two attached hydrogens (primary N) is 1. The van der Waals surface area contributed by atoms with Crippen LogP contribution in [0.2, 0.25) is 0 Å². The Bertz CT molecular complexity index is 2350. The number of aliphatic hydroxyl groups excluding tert-OH is 1. The number of hydrogen-bond acceptors (Lipinski definition) is 12. The fourth-order valence-corrected chi connectivity index (χ4v) is 8.91. The summed E-state index contributed by atoms with van der Waals surface area (Å²) in [7, 11) is 0. The van der Waals surface area contributed by atoms with E-state index in [-0.39, 0.29) is 50.4 Å². The first kappa shape index (κ1) is 56.0. The molecule has 10 unspecified atom stereocenters. The first-order valence-corrected chi connectivity index (χ1v) is 24.8. The predicted octanol–water partition coefficient (Wildman–Crippen LogP) is 1.07. The minimum absolute atomic E-state index is 0.0477. The van der Waals surface area contributed by atoms with Gasteiger partial charge in [0.25, 0.3) is 0 Å². The Hall–Kier alpha value is -6.94. The number of carbonyl (C=O) groups is 7. The SMILES string of the molecule is CCC(C)C(NC(=O)C(CC(O)C(CC(C)C)NC(=O)C(Cc1cnc[nH]1)NC(=O)C(Cc1ccccc1)NC(=O)C1CCCN1C(=O)C(N)Cc1cnc[nH]1)C(C)C)C(=O)NC(Cc1cnc[nH]1)C(=O)O. The fraction of sp³-hybridized carbons (Fsp3) is 0.560. The van der Waals surface area contributed by atoms with Crippen LogP contribution in [0, 0.1) is 23.7 Å². The van der Waals surface area contributed by atoms with Crippen LogP contribution in [0.5, 0.6) is 0 Å². The van der Waals surface area contributed by atoms with Crippen LogP contribution in [0.4, 0.5) is 0 Å². The van der Waals surface area contributed by atoms with E-state index in [4.69, 9.17) is 5.73 Å². The Balaban J connectivity index is 1.32. The van der Waals surface area contributed by atoms with E-state index in [0.29, 0.717) is 42.9 Å². The van der Waals surface area contributed by atoms with Gasteiger partial charge in [-0.15, -0.1) is 0 Å². The summed E-state index contributed by atoms with van der Waals surface area (Å²) in [6.07, 6.45) is 9.27. The molecule has 0 bridgehead atoms. The van der Waals surface area contributed by atoms with Gasteiger partial charge in [0.2, 0.25) is 35.4 Å². The highest BCUT2D eigenvalue weighted by molar-refractivity contribution is 5.95. The second-order valence-electron chi connectivity index (χ2n) is 19.6. The van der Waals surface area contributed by atoms with Crippen molar-refractivity contribution in [2.45, 2.75) is 148 Å². The number of nitrogens with one attached hydrogen (secondary N) is 8. The summed E-state index contributed by atoms with van der Waals surface area (Å²) in [5.41, 5.74) is 8.71. The number of aromatic nitrogens is 6. The molecule has 5 rings (SSSR count). The molecule has 1 aliphatic heterocycles. The van der Waals surface area contributed by atoms with Crippen LogP contribution in [0.1, 0.15) is 96.3 Å². The van der Waals surface area contributed by atoms with Gasteiger partial charge in [-0.1, -0.05) is 78.3 Å². The van der Waals surface area contributed by atoms with E-state index in [1.165, 1.54) is 36.3 Å². The summed E-state index contributed by atoms with van der Waals surface area (Å²) in [6, 6.07) is 1.45. The number of amides is 6. The molecule has 1 fully saturated rings. The van der Waals surface area contributed by atoms with Crippen molar-refractivity contribution in [3.8, 4) is 0 Å². The van der Waals surface area contributed by atoms with Crippen molar-refractivity contribution in [3.05, 3.63) is 90.5 Å². The van der Waals surface area contributed by atoms with Crippen LogP contribution in [0.15, 0.2) is 67.9 Å². The van der Waals surface area contributed by atoms with Gasteiger partial charge in [-0.25, -0.2) is 19.7 Å². The Labute approximate surface area is 419 Å². The van der Waals surface area contributed by atoms with E-state index in [2.05, 4.69) is 56.5 Å². The maximum Gasteiger partial charge on any atom is 0.326 e. The number of carboxylic acids is 1. The molecule has 392 valence electrons. The first-order valence-electron chi connectivity index (χ1n) is 24.8. The molecule has 6 amide bonds. The van der Waals surface area contributed by atoms with Gasteiger partial charge >= 0.3 is 5.97 Å². The molecule has 4 heterocycles. The smallest absolute Gasteiger partial charge is 0.326 e. The summed E-state index contributed by atoms with van der Waals surface area (Å²) >= 11 is 0. The quantitative estimate of drug-likeness (QED) is 0.0380. The van der Waals surface area contributed by atoms with Gasteiger partial charge in [0.05, 0.1) is 37.2 Å². The van der Waals surface area contributed by atoms with E-state index < -0.39 is 102 Å². The largest absolute Gasteiger partial charge is 0.480 e. The molecule has 10 atom stereocenters. The topological polar surface area (TPSA) is 335 Å². The van der Waals surface area contributed by atoms with Crippen LogP contribution in [-0.2, 0) is 59.2 Å². The summed E-state index contributed by atoms with van der Waals surface area (Å²) in [5, 5.41) is 36.0. The Kier molecular flexibility index (Phi) is 21.0. The average Bonchev–Trinajstić information content (AvgIpc) is 4.21. The monoisotopic (exact) mass is 1000 g/mol. The molecular weight excluding hydrogens is 927 g/mol. The lowest BCUT2D eigenvalue weighted by molar-refractivity contribution is -0.142. The van der Waals surface area contributed by atoms with E-state index in [0.717, 1.165) is 5.56 Å². The second kappa shape index (κ2) is 27.0. The number of aliphatic hydroxyl groups is 1. The highest BCUT2D eigenvalue weighted by atomic mass is 16.4. The minimum atomic E-state index is -1.30. The standard InChI is InChI=1S/C50H73N13O9/c1-7-30(6)43(48(69)61-40(50(71)72)20-34-24-54-27-57-34)62-44(65)35(29(4)5)21-42(64)37(16-28(2)3)58-46(67)39(19-33-23-53-26-56-33)59-45(66)38(17-31-12-9-8-10-13-31)60-47(68)41-14-11-15-63(41)49(70)36(51)18-32-22-52-25-55-32/h8-10,12-13,22-30,35-43,64H,7,11,14-21,51H2,1-6H3,(H,52,55)(H,53,56)(H,54,57)(H,58,67)(H,59,66)(H,60,68)(H,61,69)(H,62,65)(H,71,72). The van der Waals surface area contributed by atoms with Crippen molar-refractivity contribution >= 4 is 41.4 Å². The highest BCUT2D eigenvalue weighted by Gasteiger charge is 2.40. The number of imidazole rings is 3. The Morgan fingerprint density at radius 1 is 0.708 bits per heavy atom. The second-order valence-corrected chi connectivity index (χ2v) is 19.6. The van der Waals surface area contributed by atoms with Crippen molar-refractivity contribution in [2.24, 2.45) is 29.4 Å². The number of likely N-dealkylation sites (tertiary alicyclic amines) is 1. The third-order valence-corrected chi connectivity index (χ3v) is 13.2. The molecule has 22 nitrogen and oxygen atoms in total.